The quantitative estimate of drug-likeness (QED) is 0.440. The van der Waals surface area contributed by atoms with Gasteiger partial charge in [-0.15, -0.1) is 0 Å². The first-order chi connectivity index (χ1) is 16.7. The van der Waals surface area contributed by atoms with E-state index in [2.05, 4.69) is 88.0 Å². The SMILES string of the molecule is CC(=O)Nc1nc2c(ncn2[C@@H]2O[C@H](CO[Si](C)(C)C(C)(C)C)[C@@H](O)[C@H]2O[Si](C)(C)C(C)(C)C)c(=O)[nH]1. The van der Waals surface area contributed by atoms with Crippen molar-refractivity contribution >= 4 is 39.7 Å². The lowest BCUT2D eigenvalue weighted by molar-refractivity contribution is -0.114. The number of hydrogen-bond donors (Lipinski definition) is 3. The molecule has 0 saturated carbocycles. The molecular formula is C24H43N5O6Si2. The molecule has 1 fully saturated rings. The second kappa shape index (κ2) is 10.0. The zero-order chi connectivity index (χ0) is 28.1. The number of aliphatic hydroxyl groups is 1. The van der Waals surface area contributed by atoms with Crippen LogP contribution in [-0.2, 0) is 18.4 Å². The highest BCUT2D eigenvalue weighted by Gasteiger charge is 2.51. The van der Waals surface area contributed by atoms with Gasteiger partial charge in [-0.25, -0.2) is 4.98 Å². The van der Waals surface area contributed by atoms with Crippen LogP contribution in [0.4, 0.5) is 5.95 Å². The Morgan fingerprint density at radius 1 is 1.16 bits per heavy atom. The van der Waals surface area contributed by atoms with E-state index in [0.717, 1.165) is 0 Å². The number of amides is 1. The Kier molecular flexibility index (Phi) is 8.02. The number of carbonyl (C=O) groups is 1. The number of aliphatic hydroxyl groups excluding tert-OH is 1. The first-order valence-corrected chi connectivity index (χ1v) is 18.5. The van der Waals surface area contributed by atoms with Gasteiger partial charge in [0.2, 0.25) is 11.9 Å². The van der Waals surface area contributed by atoms with Gasteiger partial charge in [-0.1, -0.05) is 41.5 Å². The molecule has 0 bridgehead atoms. The van der Waals surface area contributed by atoms with Crippen LogP contribution in [0, 0.1) is 0 Å². The molecule has 0 aliphatic carbocycles. The van der Waals surface area contributed by atoms with Crippen molar-refractivity contribution in [2.24, 2.45) is 0 Å². The molecule has 1 aliphatic heterocycles. The maximum atomic E-state index is 12.6. The molecule has 0 unspecified atom stereocenters. The largest absolute Gasteiger partial charge is 0.414 e. The predicted octanol–water partition coefficient (Wildman–Crippen LogP) is 3.75. The molecule has 3 N–H and O–H groups in total. The summed E-state index contributed by atoms with van der Waals surface area (Å²) in [5, 5.41) is 13.9. The van der Waals surface area contributed by atoms with E-state index in [9.17, 15) is 14.7 Å². The molecule has 0 radical (unpaired) electrons. The smallest absolute Gasteiger partial charge is 0.280 e. The Morgan fingerprint density at radius 3 is 2.30 bits per heavy atom. The second-order valence-corrected chi connectivity index (χ2v) is 22.5. The molecule has 3 rings (SSSR count). The lowest BCUT2D eigenvalue weighted by Gasteiger charge is -2.40. The average molecular weight is 554 g/mol. The van der Waals surface area contributed by atoms with E-state index in [1.165, 1.54) is 13.3 Å². The third-order valence-corrected chi connectivity index (χ3v) is 16.9. The maximum Gasteiger partial charge on any atom is 0.280 e. The van der Waals surface area contributed by atoms with Crippen LogP contribution in [0.25, 0.3) is 11.2 Å². The molecule has 13 heteroatoms. The molecule has 2 aromatic rings. The summed E-state index contributed by atoms with van der Waals surface area (Å²) in [5.41, 5.74) is -0.176. The zero-order valence-electron chi connectivity index (χ0n) is 23.9. The number of nitrogens with one attached hydrogen (secondary N) is 2. The van der Waals surface area contributed by atoms with Crippen molar-refractivity contribution in [1.82, 2.24) is 19.5 Å². The van der Waals surface area contributed by atoms with Gasteiger partial charge in [-0.3, -0.25) is 24.5 Å². The van der Waals surface area contributed by atoms with Crippen molar-refractivity contribution in [3.63, 3.8) is 0 Å². The van der Waals surface area contributed by atoms with Crippen molar-refractivity contribution in [3.05, 3.63) is 16.7 Å². The third-order valence-electron chi connectivity index (χ3n) is 7.97. The van der Waals surface area contributed by atoms with E-state index >= 15 is 0 Å². The van der Waals surface area contributed by atoms with Crippen molar-refractivity contribution in [1.29, 1.82) is 0 Å². The van der Waals surface area contributed by atoms with Gasteiger partial charge in [0.15, 0.2) is 34.0 Å². The number of ether oxygens (including phenoxy) is 1. The van der Waals surface area contributed by atoms with Gasteiger partial charge in [-0.2, -0.15) is 4.98 Å². The minimum absolute atomic E-state index is 0.00138. The highest BCUT2D eigenvalue weighted by atomic mass is 28.4. The van der Waals surface area contributed by atoms with Crippen LogP contribution < -0.4 is 10.9 Å². The minimum Gasteiger partial charge on any atom is -0.414 e. The van der Waals surface area contributed by atoms with E-state index in [-0.39, 0.29) is 39.7 Å². The Labute approximate surface area is 220 Å². The Balaban J connectivity index is 2.03. The lowest BCUT2D eigenvalue weighted by Crippen LogP contribution is -2.49. The van der Waals surface area contributed by atoms with E-state index in [1.807, 2.05) is 0 Å². The molecule has 3 heterocycles. The predicted molar refractivity (Wildman–Crippen MR) is 148 cm³/mol. The van der Waals surface area contributed by atoms with Crippen LogP contribution in [0.5, 0.6) is 0 Å². The maximum absolute atomic E-state index is 12.6. The standard InChI is InChI=1S/C24H43N5O6Si2/c1-14(30)26-22-27-19-16(20(32)28-22)25-13-29(19)21-18(35-37(10,11)24(5,6)7)17(31)15(34-21)12-33-36(8,9)23(2,3)4/h13,15,17-18,21,31H,12H2,1-11H3,(H2,26,27,28,30,32)/t15-,17-,18-,21-/m1/s1. The van der Waals surface area contributed by atoms with E-state index in [0.29, 0.717) is 0 Å². The number of aromatic amines is 1. The topological polar surface area (TPSA) is 141 Å². The van der Waals surface area contributed by atoms with E-state index in [1.54, 1.807) is 4.57 Å². The van der Waals surface area contributed by atoms with Crippen LogP contribution in [0.1, 0.15) is 54.7 Å². The Bertz CT molecular complexity index is 1200. The van der Waals surface area contributed by atoms with E-state index < -0.39 is 46.7 Å². The van der Waals surface area contributed by atoms with Crippen molar-refractivity contribution in [2.45, 2.75) is 109 Å². The number of carbonyl (C=O) groups excluding carboxylic acids is 1. The van der Waals surface area contributed by atoms with Crippen LogP contribution in [0.3, 0.4) is 0 Å². The summed E-state index contributed by atoms with van der Waals surface area (Å²) >= 11 is 0. The molecule has 1 saturated heterocycles. The minimum atomic E-state index is -2.35. The van der Waals surface area contributed by atoms with Gasteiger partial charge in [0, 0.05) is 6.92 Å². The number of nitrogens with zero attached hydrogens (tertiary/aromatic N) is 3. The zero-order valence-corrected chi connectivity index (χ0v) is 25.9. The second-order valence-electron chi connectivity index (χ2n) is 12.9. The fraction of sp³-hybridized carbons (Fsp3) is 0.750. The van der Waals surface area contributed by atoms with Crippen molar-refractivity contribution in [2.75, 3.05) is 11.9 Å². The summed E-state index contributed by atoms with van der Waals surface area (Å²) in [4.78, 5) is 35.4. The molecular weight excluding hydrogens is 510 g/mol. The number of fused-ring (bicyclic) bond motifs is 1. The van der Waals surface area contributed by atoms with E-state index in [4.69, 9.17) is 13.6 Å². The lowest BCUT2D eigenvalue weighted by atomic mass is 10.1. The van der Waals surface area contributed by atoms with Crippen LogP contribution >= 0.6 is 0 Å². The monoisotopic (exact) mass is 553 g/mol. The van der Waals surface area contributed by atoms with Gasteiger partial charge >= 0.3 is 0 Å². The normalized spacial score (nSPS) is 23.6. The van der Waals surface area contributed by atoms with Crippen molar-refractivity contribution in [3.8, 4) is 0 Å². The number of rotatable bonds is 7. The van der Waals surface area contributed by atoms with Crippen molar-refractivity contribution < 1.29 is 23.5 Å². The van der Waals surface area contributed by atoms with Gasteiger partial charge in [-0.05, 0) is 36.3 Å². The fourth-order valence-corrected chi connectivity index (χ4v) is 5.87. The van der Waals surface area contributed by atoms with Crippen LogP contribution in [-0.4, -0.2) is 72.1 Å². The van der Waals surface area contributed by atoms with Gasteiger partial charge < -0.3 is 18.7 Å². The summed E-state index contributed by atoms with van der Waals surface area (Å²) in [6.07, 6.45) is -1.71. The third kappa shape index (κ3) is 6.06. The first kappa shape index (κ1) is 29.6. The number of aromatic nitrogens is 4. The molecule has 1 amide bonds. The van der Waals surface area contributed by atoms with Gasteiger partial charge in [0.25, 0.3) is 5.56 Å². The van der Waals surface area contributed by atoms with Crippen LogP contribution in [0.15, 0.2) is 11.1 Å². The molecule has 208 valence electrons. The summed E-state index contributed by atoms with van der Waals surface area (Å²) < 4.78 is 21.1. The molecule has 1 aliphatic rings. The highest BCUT2D eigenvalue weighted by Crippen LogP contribution is 2.43. The Morgan fingerprint density at radius 2 is 1.76 bits per heavy atom. The highest BCUT2D eigenvalue weighted by molar-refractivity contribution is 6.74. The van der Waals surface area contributed by atoms with Gasteiger partial charge in [0.1, 0.15) is 18.3 Å². The fourth-order valence-electron chi connectivity index (χ4n) is 3.57. The molecule has 11 nitrogen and oxygen atoms in total. The molecule has 0 spiro atoms. The number of H-pyrrole nitrogens is 1. The number of hydrogen-bond acceptors (Lipinski definition) is 8. The van der Waals surface area contributed by atoms with Gasteiger partial charge in [0.05, 0.1) is 12.9 Å². The average Bonchev–Trinajstić information content (AvgIpc) is 3.26. The summed E-state index contributed by atoms with van der Waals surface area (Å²) in [5.74, 6) is -0.368. The summed E-state index contributed by atoms with van der Waals surface area (Å²) in [6.45, 7) is 22.9. The van der Waals surface area contributed by atoms with Crippen LogP contribution in [0.2, 0.25) is 36.3 Å². The first-order valence-electron chi connectivity index (χ1n) is 12.6. The molecule has 2 aromatic heterocycles. The summed E-state index contributed by atoms with van der Waals surface area (Å²) in [6, 6.07) is 0. The molecule has 0 aromatic carbocycles. The number of anilines is 1. The summed E-state index contributed by atoms with van der Waals surface area (Å²) in [7, 11) is -4.45. The molecule has 4 atom stereocenters. The number of imidazole rings is 1. The Hall–Kier alpha value is -1.91. The molecule has 37 heavy (non-hydrogen) atoms.